The average Bonchev–Trinajstić information content (AvgIpc) is 2.50. The molecule has 0 heterocycles. The van der Waals surface area contributed by atoms with Crippen molar-refractivity contribution < 1.29 is 19.3 Å². The summed E-state index contributed by atoms with van der Waals surface area (Å²) in [6.45, 7) is 6.87. The first-order valence-electron chi connectivity index (χ1n) is 9.22. The predicted molar refractivity (Wildman–Crippen MR) is 91.1 cm³/mol. The second kappa shape index (κ2) is 18.9. The lowest BCUT2D eigenvalue weighted by atomic mass is 10.1. The second-order valence-electron chi connectivity index (χ2n) is 5.88. The highest BCUT2D eigenvalue weighted by Gasteiger charge is 1.95. The summed E-state index contributed by atoms with van der Waals surface area (Å²) in [5, 5.41) is 8.88. The van der Waals surface area contributed by atoms with Crippen molar-refractivity contribution in [3.8, 4) is 0 Å². The van der Waals surface area contributed by atoms with E-state index in [9.17, 15) is 0 Å². The number of hydrogen-bond acceptors (Lipinski definition) is 4. The summed E-state index contributed by atoms with van der Waals surface area (Å²) in [5.74, 6) is 0. The Morgan fingerprint density at radius 1 is 0.636 bits per heavy atom. The molecule has 0 aromatic heterocycles. The third kappa shape index (κ3) is 19.8. The van der Waals surface area contributed by atoms with Crippen LogP contribution in [0.3, 0.4) is 0 Å². The first-order chi connectivity index (χ1) is 10.8. The Morgan fingerprint density at radius 3 is 1.64 bits per heavy atom. The molecule has 0 aliphatic carbocycles. The highest BCUT2D eigenvalue weighted by molar-refractivity contribution is 4.47. The maximum atomic E-state index is 8.88. The van der Waals surface area contributed by atoms with E-state index in [-0.39, 0.29) is 0 Å². The highest BCUT2D eigenvalue weighted by Crippen LogP contribution is 2.10. The minimum Gasteiger partial charge on any atom is -0.379 e. The van der Waals surface area contributed by atoms with E-state index in [4.69, 9.17) is 19.3 Å². The highest BCUT2D eigenvalue weighted by atomic mass is 16.6. The lowest BCUT2D eigenvalue weighted by molar-refractivity contribution is -0.101. The van der Waals surface area contributed by atoms with Crippen molar-refractivity contribution in [3.05, 3.63) is 0 Å². The van der Waals surface area contributed by atoms with E-state index < -0.39 is 6.29 Å². The molecule has 0 saturated carbocycles. The molecule has 1 N–H and O–H groups in total. The maximum absolute atomic E-state index is 8.88. The molecule has 0 saturated heterocycles. The molecular formula is C18H38O4. The number of aliphatic hydroxyl groups is 1. The van der Waals surface area contributed by atoms with Gasteiger partial charge in [-0.3, -0.25) is 0 Å². The zero-order valence-electron chi connectivity index (χ0n) is 14.9. The third-order valence-electron chi connectivity index (χ3n) is 3.60. The van der Waals surface area contributed by atoms with Gasteiger partial charge in [0.1, 0.15) is 0 Å². The van der Waals surface area contributed by atoms with E-state index in [2.05, 4.69) is 6.92 Å². The minimum absolute atomic E-state index is 0.427. The molecule has 0 rings (SSSR count). The Labute approximate surface area is 137 Å². The maximum Gasteiger partial charge on any atom is 0.151 e. The molecule has 4 heteroatoms. The lowest BCUT2D eigenvalue weighted by Crippen LogP contribution is -2.13. The average molecular weight is 318 g/mol. The van der Waals surface area contributed by atoms with Crippen LogP contribution in [0.25, 0.3) is 0 Å². The molecule has 4 nitrogen and oxygen atoms in total. The van der Waals surface area contributed by atoms with Crippen LogP contribution in [0.1, 0.15) is 78.1 Å². The number of unbranched alkanes of at least 4 members (excludes halogenated alkanes) is 9. The summed E-state index contributed by atoms with van der Waals surface area (Å²) in [4.78, 5) is 0. The Morgan fingerprint density at radius 2 is 1.09 bits per heavy atom. The van der Waals surface area contributed by atoms with Gasteiger partial charge in [0, 0.05) is 6.61 Å². The lowest BCUT2D eigenvalue weighted by Gasteiger charge is -2.08. The van der Waals surface area contributed by atoms with Crippen LogP contribution in [0, 0.1) is 0 Å². The quantitative estimate of drug-likeness (QED) is 0.302. The van der Waals surface area contributed by atoms with Crippen molar-refractivity contribution in [2.45, 2.75) is 84.3 Å². The van der Waals surface area contributed by atoms with Gasteiger partial charge in [0.25, 0.3) is 0 Å². The van der Waals surface area contributed by atoms with E-state index in [1.165, 1.54) is 57.8 Å². The Balaban J connectivity index is 2.94. The topological polar surface area (TPSA) is 47.9 Å². The largest absolute Gasteiger partial charge is 0.379 e. The number of rotatable bonds is 18. The van der Waals surface area contributed by atoms with Crippen LogP contribution in [0.2, 0.25) is 0 Å². The zero-order chi connectivity index (χ0) is 16.3. The molecule has 0 radical (unpaired) electrons. The molecule has 0 aromatic rings. The van der Waals surface area contributed by atoms with E-state index >= 15 is 0 Å². The van der Waals surface area contributed by atoms with Gasteiger partial charge in [-0.15, -0.1) is 0 Å². The van der Waals surface area contributed by atoms with E-state index in [1.807, 2.05) is 0 Å². The minimum atomic E-state index is -0.712. The normalized spacial score (nSPS) is 12.7. The molecule has 0 unspecified atom stereocenters. The Kier molecular flexibility index (Phi) is 18.8. The van der Waals surface area contributed by atoms with E-state index in [0.717, 1.165) is 13.0 Å². The number of ether oxygens (including phenoxy) is 3. The van der Waals surface area contributed by atoms with Gasteiger partial charge in [-0.05, 0) is 13.3 Å². The standard InChI is InChI=1S/C18H38O4/c1-3-4-5-6-7-8-9-10-11-12-13-20-14-15-21-16-17-22-18(2)19/h18-19H,3-17H2,1-2H3/t18-/m1/s1. The van der Waals surface area contributed by atoms with Crippen molar-refractivity contribution in [2.24, 2.45) is 0 Å². The molecule has 0 fully saturated rings. The van der Waals surface area contributed by atoms with Gasteiger partial charge in [-0.2, -0.15) is 0 Å². The second-order valence-corrected chi connectivity index (χ2v) is 5.88. The van der Waals surface area contributed by atoms with Crippen molar-refractivity contribution in [3.63, 3.8) is 0 Å². The van der Waals surface area contributed by atoms with Gasteiger partial charge >= 0.3 is 0 Å². The summed E-state index contributed by atoms with van der Waals surface area (Å²) in [6, 6.07) is 0. The monoisotopic (exact) mass is 318 g/mol. The third-order valence-corrected chi connectivity index (χ3v) is 3.60. The molecule has 0 spiro atoms. The van der Waals surface area contributed by atoms with Gasteiger partial charge in [-0.25, -0.2) is 0 Å². The molecule has 22 heavy (non-hydrogen) atoms. The molecule has 0 bridgehead atoms. The first kappa shape index (κ1) is 21.8. The van der Waals surface area contributed by atoms with Crippen LogP contribution in [-0.4, -0.2) is 44.4 Å². The van der Waals surface area contributed by atoms with Crippen molar-refractivity contribution in [1.82, 2.24) is 0 Å². The van der Waals surface area contributed by atoms with Crippen LogP contribution < -0.4 is 0 Å². The van der Waals surface area contributed by atoms with Crippen molar-refractivity contribution >= 4 is 0 Å². The fourth-order valence-corrected chi connectivity index (χ4v) is 2.29. The molecule has 0 aliphatic heterocycles. The van der Waals surface area contributed by atoms with Crippen LogP contribution in [0.5, 0.6) is 0 Å². The molecular weight excluding hydrogens is 280 g/mol. The fourth-order valence-electron chi connectivity index (χ4n) is 2.29. The van der Waals surface area contributed by atoms with Gasteiger partial charge in [0.15, 0.2) is 6.29 Å². The summed E-state index contributed by atoms with van der Waals surface area (Å²) >= 11 is 0. The summed E-state index contributed by atoms with van der Waals surface area (Å²) in [6.07, 6.45) is 12.8. The molecule has 0 aromatic carbocycles. The summed E-state index contributed by atoms with van der Waals surface area (Å²) in [7, 11) is 0. The zero-order valence-corrected chi connectivity index (χ0v) is 14.9. The fraction of sp³-hybridized carbons (Fsp3) is 1.00. The van der Waals surface area contributed by atoms with Gasteiger partial charge in [0.2, 0.25) is 0 Å². The predicted octanol–water partition coefficient (Wildman–Crippen LogP) is 4.30. The van der Waals surface area contributed by atoms with Crippen molar-refractivity contribution in [2.75, 3.05) is 33.0 Å². The van der Waals surface area contributed by atoms with E-state index in [1.54, 1.807) is 6.92 Å². The van der Waals surface area contributed by atoms with Gasteiger partial charge in [-0.1, -0.05) is 64.7 Å². The van der Waals surface area contributed by atoms with Crippen LogP contribution in [0.4, 0.5) is 0 Å². The molecule has 134 valence electrons. The van der Waals surface area contributed by atoms with Gasteiger partial charge in [0.05, 0.1) is 26.4 Å². The number of hydrogen-bond donors (Lipinski definition) is 1. The van der Waals surface area contributed by atoms with Crippen LogP contribution in [0.15, 0.2) is 0 Å². The van der Waals surface area contributed by atoms with E-state index in [0.29, 0.717) is 26.4 Å². The smallest absolute Gasteiger partial charge is 0.151 e. The summed E-state index contributed by atoms with van der Waals surface area (Å²) < 4.78 is 15.8. The Hall–Kier alpha value is -0.160. The van der Waals surface area contributed by atoms with Crippen LogP contribution in [-0.2, 0) is 14.2 Å². The van der Waals surface area contributed by atoms with Gasteiger partial charge < -0.3 is 19.3 Å². The molecule has 1 atom stereocenters. The molecule has 0 aliphatic rings. The first-order valence-corrected chi connectivity index (χ1v) is 9.22. The van der Waals surface area contributed by atoms with Crippen molar-refractivity contribution in [1.29, 1.82) is 0 Å². The summed E-state index contributed by atoms with van der Waals surface area (Å²) in [5.41, 5.74) is 0. The Bertz CT molecular complexity index is 198. The van der Waals surface area contributed by atoms with Crippen LogP contribution >= 0.6 is 0 Å². The molecule has 0 amide bonds. The SMILES string of the molecule is CCCCCCCCCCCCOCCOCCO[C@H](C)O. The number of aliphatic hydroxyl groups excluding tert-OH is 1.